The van der Waals surface area contributed by atoms with E-state index in [2.05, 4.69) is 36.3 Å². The van der Waals surface area contributed by atoms with Gasteiger partial charge in [-0.1, -0.05) is 38.1 Å². The standard InChI is InChI=1S/C17H26N4O.HI/c1-13(2)10-19-17(18)20-11-14-6-3-4-7-15(14)12-21-9-5-8-16(21)22;/h3-4,6-7,13H,5,8-12H2,1-2H3,(H3,18,19,20);1H. The summed E-state index contributed by atoms with van der Waals surface area (Å²) in [5.74, 6) is 1.25. The Morgan fingerprint density at radius 1 is 1.35 bits per heavy atom. The van der Waals surface area contributed by atoms with Crippen LogP contribution in [-0.2, 0) is 17.9 Å². The number of carbonyl (C=O) groups excluding carboxylic acids is 1. The quantitative estimate of drug-likeness (QED) is 0.414. The van der Waals surface area contributed by atoms with Crippen LogP contribution in [0.4, 0.5) is 0 Å². The molecule has 1 amide bonds. The lowest BCUT2D eigenvalue weighted by Crippen LogP contribution is -2.34. The summed E-state index contributed by atoms with van der Waals surface area (Å²) < 4.78 is 0. The van der Waals surface area contributed by atoms with E-state index >= 15 is 0 Å². The predicted octanol–water partition coefficient (Wildman–Crippen LogP) is 2.49. The molecule has 0 radical (unpaired) electrons. The van der Waals surface area contributed by atoms with E-state index in [1.807, 2.05) is 17.0 Å². The Kier molecular flexibility index (Phi) is 8.36. The van der Waals surface area contributed by atoms with Crippen LogP contribution in [0.1, 0.15) is 37.8 Å². The van der Waals surface area contributed by atoms with E-state index in [1.165, 1.54) is 0 Å². The van der Waals surface area contributed by atoms with Gasteiger partial charge >= 0.3 is 0 Å². The van der Waals surface area contributed by atoms with Crippen molar-refractivity contribution in [3.63, 3.8) is 0 Å². The summed E-state index contributed by atoms with van der Waals surface area (Å²) in [5, 5.41) is 3.12. The number of hydrogen-bond donors (Lipinski definition) is 2. The second-order valence-corrected chi connectivity index (χ2v) is 6.16. The highest BCUT2D eigenvalue weighted by Crippen LogP contribution is 2.17. The molecule has 1 heterocycles. The number of rotatable bonds is 6. The third kappa shape index (κ3) is 6.37. The lowest BCUT2D eigenvalue weighted by atomic mass is 10.1. The van der Waals surface area contributed by atoms with Gasteiger partial charge < -0.3 is 16.0 Å². The molecule has 3 N–H and O–H groups in total. The highest BCUT2D eigenvalue weighted by Gasteiger charge is 2.20. The number of halogens is 1. The second kappa shape index (κ2) is 9.75. The number of nitrogens with two attached hydrogens (primary N) is 1. The normalized spacial score (nSPS) is 15.0. The first-order valence-corrected chi connectivity index (χ1v) is 7.94. The van der Waals surface area contributed by atoms with E-state index in [0.29, 0.717) is 31.4 Å². The van der Waals surface area contributed by atoms with Gasteiger partial charge in [-0.25, -0.2) is 4.99 Å². The molecule has 0 spiro atoms. The number of amides is 1. The number of guanidine groups is 1. The Balaban J connectivity index is 0.00000264. The molecule has 1 saturated heterocycles. The molecule has 1 fully saturated rings. The van der Waals surface area contributed by atoms with Gasteiger partial charge in [0.2, 0.25) is 5.91 Å². The van der Waals surface area contributed by atoms with Crippen molar-refractivity contribution in [3.8, 4) is 0 Å². The monoisotopic (exact) mass is 430 g/mol. The van der Waals surface area contributed by atoms with Gasteiger partial charge in [0.05, 0.1) is 6.54 Å². The molecular weight excluding hydrogens is 403 g/mol. The Labute approximate surface area is 155 Å². The second-order valence-electron chi connectivity index (χ2n) is 6.16. The first-order chi connectivity index (χ1) is 10.6. The summed E-state index contributed by atoms with van der Waals surface area (Å²) in [6.45, 7) is 7.14. The van der Waals surface area contributed by atoms with Crippen LogP contribution in [0.2, 0.25) is 0 Å². The van der Waals surface area contributed by atoms with Gasteiger partial charge in [-0.2, -0.15) is 0 Å². The third-order valence-electron chi connectivity index (χ3n) is 3.76. The van der Waals surface area contributed by atoms with Crippen LogP contribution in [0.25, 0.3) is 0 Å². The van der Waals surface area contributed by atoms with Crippen molar-refractivity contribution in [1.29, 1.82) is 0 Å². The summed E-state index contributed by atoms with van der Waals surface area (Å²) in [6.07, 6.45) is 1.64. The van der Waals surface area contributed by atoms with Crippen molar-refractivity contribution >= 4 is 35.8 Å². The first-order valence-electron chi connectivity index (χ1n) is 7.94. The number of aliphatic imine (C=N–C) groups is 1. The molecule has 0 aliphatic carbocycles. The fourth-order valence-corrected chi connectivity index (χ4v) is 2.48. The van der Waals surface area contributed by atoms with Gasteiger partial charge in [0.15, 0.2) is 5.96 Å². The van der Waals surface area contributed by atoms with Gasteiger partial charge in [-0.05, 0) is 23.5 Å². The molecule has 6 heteroatoms. The van der Waals surface area contributed by atoms with Crippen molar-refractivity contribution in [1.82, 2.24) is 10.2 Å². The van der Waals surface area contributed by atoms with Crippen LogP contribution in [-0.4, -0.2) is 29.9 Å². The Bertz CT molecular complexity index is 545. The Morgan fingerprint density at radius 2 is 2.04 bits per heavy atom. The van der Waals surface area contributed by atoms with E-state index in [0.717, 1.165) is 30.6 Å². The van der Waals surface area contributed by atoms with E-state index in [1.54, 1.807) is 0 Å². The lowest BCUT2D eigenvalue weighted by Gasteiger charge is -2.17. The Morgan fingerprint density at radius 3 is 2.65 bits per heavy atom. The van der Waals surface area contributed by atoms with Crippen LogP contribution in [0.3, 0.4) is 0 Å². The fourth-order valence-electron chi connectivity index (χ4n) is 2.48. The predicted molar refractivity (Wildman–Crippen MR) is 105 cm³/mol. The molecule has 1 aromatic rings. The van der Waals surface area contributed by atoms with Crippen LogP contribution >= 0.6 is 24.0 Å². The molecule has 0 aromatic heterocycles. The number of likely N-dealkylation sites (tertiary alicyclic amines) is 1. The molecule has 0 atom stereocenters. The summed E-state index contributed by atoms with van der Waals surface area (Å²) in [5.41, 5.74) is 8.15. The zero-order valence-corrected chi connectivity index (χ0v) is 16.2. The van der Waals surface area contributed by atoms with Gasteiger partial charge in [-0.15, -0.1) is 24.0 Å². The summed E-state index contributed by atoms with van der Waals surface area (Å²) in [6, 6.07) is 8.12. The average Bonchev–Trinajstić information content (AvgIpc) is 2.89. The van der Waals surface area contributed by atoms with Crippen molar-refractivity contribution in [3.05, 3.63) is 35.4 Å². The molecule has 5 nitrogen and oxygen atoms in total. The number of hydrogen-bond acceptors (Lipinski definition) is 2. The number of nitrogens with zero attached hydrogens (tertiary/aromatic N) is 2. The number of nitrogens with one attached hydrogen (secondary N) is 1. The average molecular weight is 430 g/mol. The summed E-state index contributed by atoms with van der Waals surface area (Å²) in [4.78, 5) is 18.1. The van der Waals surface area contributed by atoms with Gasteiger partial charge in [0.25, 0.3) is 0 Å². The van der Waals surface area contributed by atoms with Crippen LogP contribution in [0.15, 0.2) is 29.3 Å². The van der Waals surface area contributed by atoms with Crippen molar-refractivity contribution < 1.29 is 4.79 Å². The fraction of sp³-hybridized carbons (Fsp3) is 0.529. The van der Waals surface area contributed by atoms with E-state index < -0.39 is 0 Å². The minimum Gasteiger partial charge on any atom is -0.370 e. The largest absolute Gasteiger partial charge is 0.370 e. The Hall–Kier alpha value is -1.31. The van der Waals surface area contributed by atoms with E-state index in [9.17, 15) is 4.79 Å². The highest BCUT2D eigenvalue weighted by molar-refractivity contribution is 14.0. The smallest absolute Gasteiger partial charge is 0.222 e. The number of carbonyl (C=O) groups is 1. The minimum atomic E-state index is 0. The van der Waals surface area contributed by atoms with Gasteiger partial charge in [-0.3, -0.25) is 4.79 Å². The molecule has 2 rings (SSSR count). The van der Waals surface area contributed by atoms with Gasteiger partial charge in [0.1, 0.15) is 0 Å². The molecule has 1 aliphatic heterocycles. The maximum Gasteiger partial charge on any atom is 0.222 e. The minimum absolute atomic E-state index is 0. The van der Waals surface area contributed by atoms with E-state index in [4.69, 9.17) is 5.73 Å². The summed E-state index contributed by atoms with van der Waals surface area (Å²) >= 11 is 0. The molecular formula is C17H27IN4O. The van der Waals surface area contributed by atoms with Crippen LogP contribution in [0.5, 0.6) is 0 Å². The number of benzene rings is 1. The topological polar surface area (TPSA) is 70.7 Å². The lowest BCUT2D eigenvalue weighted by molar-refractivity contribution is -0.128. The maximum atomic E-state index is 11.8. The zero-order valence-electron chi connectivity index (χ0n) is 13.9. The van der Waals surface area contributed by atoms with E-state index in [-0.39, 0.29) is 29.9 Å². The molecule has 128 valence electrons. The maximum absolute atomic E-state index is 11.8. The molecule has 1 aliphatic rings. The molecule has 0 saturated carbocycles. The first kappa shape index (κ1) is 19.7. The van der Waals surface area contributed by atoms with Gasteiger partial charge in [0, 0.05) is 26.1 Å². The van der Waals surface area contributed by atoms with Crippen molar-refractivity contribution in [2.24, 2.45) is 16.6 Å². The SMILES string of the molecule is CC(C)CNC(N)=NCc1ccccc1CN1CCCC1=O.I. The third-order valence-corrected chi connectivity index (χ3v) is 3.76. The molecule has 0 unspecified atom stereocenters. The summed E-state index contributed by atoms with van der Waals surface area (Å²) in [7, 11) is 0. The zero-order chi connectivity index (χ0) is 15.9. The molecule has 1 aromatic carbocycles. The van der Waals surface area contributed by atoms with Crippen LogP contribution < -0.4 is 11.1 Å². The van der Waals surface area contributed by atoms with Crippen LogP contribution in [0, 0.1) is 5.92 Å². The molecule has 23 heavy (non-hydrogen) atoms. The van der Waals surface area contributed by atoms with Crippen molar-refractivity contribution in [2.75, 3.05) is 13.1 Å². The highest BCUT2D eigenvalue weighted by atomic mass is 127. The molecule has 0 bridgehead atoms. The van der Waals surface area contributed by atoms with Crippen molar-refractivity contribution in [2.45, 2.75) is 39.8 Å².